The van der Waals surface area contributed by atoms with Crippen LogP contribution in [0.15, 0.2) is 48.8 Å². The number of halogens is 2. The zero-order chi connectivity index (χ0) is 19.9. The van der Waals surface area contributed by atoms with E-state index in [0.29, 0.717) is 12.1 Å². The molecule has 0 radical (unpaired) electrons. The molecule has 1 amide bonds. The third-order valence-electron chi connectivity index (χ3n) is 3.52. The lowest BCUT2D eigenvalue weighted by molar-refractivity contribution is -0.697. The lowest BCUT2D eigenvalue weighted by Gasteiger charge is -2.07. The predicted molar refractivity (Wildman–Crippen MR) is 90.1 cm³/mol. The van der Waals surface area contributed by atoms with Gasteiger partial charge in [-0.15, -0.1) is 0 Å². The summed E-state index contributed by atoms with van der Waals surface area (Å²) in [5.74, 6) is -0.858. The fraction of sp³-hybridized carbons (Fsp3) is 0.294. The first-order valence-corrected chi connectivity index (χ1v) is 9.55. The molecule has 0 unspecified atom stereocenters. The van der Waals surface area contributed by atoms with Crippen LogP contribution >= 0.6 is 0 Å². The molecule has 1 aromatic heterocycles. The Hall–Kier alpha value is -2.59. The number of amides is 1. The first kappa shape index (κ1) is 20.7. The highest BCUT2D eigenvalue weighted by atomic mass is 32.2. The SMILES string of the molecule is O=C(NCc1ccc[n+](CCCS(=O)(=O)[O-])c1)c1ccc(OC(F)F)cc1. The summed E-state index contributed by atoms with van der Waals surface area (Å²) in [5, 5.41) is 2.70. The lowest BCUT2D eigenvalue weighted by Crippen LogP contribution is -2.35. The largest absolute Gasteiger partial charge is 0.748 e. The number of hydrogen-bond acceptors (Lipinski definition) is 5. The number of rotatable bonds is 9. The normalized spacial score (nSPS) is 11.4. The Bertz CT molecular complexity index is 873. The van der Waals surface area contributed by atoms with Crippen molar-refractivity contribution >= 4 is 16.0 Å². The third-order valence-corrected chi connectivity index (χ3v) is 4.31. The van der Waals surface area contributed by atoms with Crippen molar-refractivity contribution in [3.05, 3.63) is 59.9 Å². The van der Waals surface area contributed by atoms with Gasteiger partial charge in [0.15, 0.2) is 12.4 Å². The van der Waals surface area contributed by atoms with Crippen molar-refractivity contribution in [2.45, 2.75) is 26.1 Å². The van der Waals surface area contributed by atoms with Crippen LogP contribution in [-0.2, 0) is 23.2 Å². The Balaban J connectivity index is 1.88. The zero-order valence-electron chi connectivity index (χ0n) is 14.2. The van der Waals surface area contributed by atoms with E-state index in [0.717, 1.165) is 5.56 Å². The molecule has 1 heterocycles. The summed E-state index contributed by atoms with van der Waals surface area (Å²) in [6.45, 7) is -2.35. The van der Waals surface area contributed by atoms with Gasteiger partial charge in [-0.2, -0.15) is 8.78 Å². The van der Waals surface area contributed by atoms with Gasteiger partial charge in [0.1, 0.15) is 12.3 Å². The number of nitrogens with zero attached hydrogens (tertiary/aromatic N) is 1. The predicted octanol–water partition coefficient (Wildman–Crippen LogP) is 1.44. The number of carbonyl (C=O) groups is 1. The van der Waals surface area contributed by atoms with Crippen LogP contribution in [0.1, 0.15) is 22.3 Å². The summed E-state index contributed by atoms with van der Waals surface area (Å²) >= 11 is 0. The fourth-order valence-electron chi connectivity index (χ4n) is 2.32. The van der Waals surface area contributed by atoms with Gasteiger partial charge in [0.05, 0.1) is 10.1 Å². The molecule has 1 N–H and O–H groups in total. The highest BCUT2D eigenvalue weighted by molar-refractivity contribution is 7.85. The van der Waals surface area contributed by atoms with E-state index in [1.54, 1.807) is 29.1 Å². The second-order valence-electron chi connectivity index (χ2n) is 5.65. The number of aromatic nitrogens is 1. The number of ether oxygens (including phenoxy) is 1. The van der Waals surface area contributed by atoms with Crippen LogP contribution in [0.5, 0.6) is 5.75 Å². The molecular formula is C17H18F2N2O5S. The number of alkyl halides is 2. The van der Waals surface area contributed by atoms with Gasteiger partial charge in [-0.05, 0) is 30.3 Å². The van der Waals surface area contributed by atoms with Crippen molar-refractivity contribution in [2.75, 3.05) is 5.75 Å². The summed E-state index contributed by atoms with van der Waals surface area (Å²) < 4.78 is 62.0. The standard InChI is InChI=1S/C17H18F2N2O5S/c18-17(19)26-15-6-4-14(5-7-15)16(22)20-11-13-3-1-8-21(12-13)9-2-10-27(23,24)25/h1,3-8,12,17H,2,9-11H2,(H-,20,22,23,24,25). The minimum absolute atomic E-state index is 0.0363. The van der Waals surface area contributed by atoms with Gasteiger partial charge >= 0.3 is 6.61 Å². The Morgan fingerprint density at radius 3 is 2.56 bits per heavy atom. The lowest BCUT2D eigenvalue weighted by atomic mass is 10.2. The van der Waals surface area contributed by atoms with E-state index in [-0.39, 0.29) is 24.6 Å². The van der Waals surface area contributed by atoms with Gasteiger partial charge in [0, 0.05) is 35.9 Å². The quantitative estimate of drug-likeness (QED) is 0.507. The highest BCUT2D eigenvalue weighted by Crippen LogP contribution is 2.14. The molecule has 7 nitrogen and oxygen atoms in total. The van der Waals surface area contributed by atoms with Gasteiger partial charge in [-0.1, -0.05) is 0 Å². The number of carbonyl (C=O) groups excluding carboxylic acids is 1. The maximum Gasteiger partial charge on any atom is 0.387 e. The van der Waals surface area contributed by atoms with E-state index in [9.17, 15) is 26.5 Å². The summed E-state index contributed by atoms with van der Waals surface area (Å²) in [4.78, 5) is 12.1. The molecule has 146 valence electrons. The number of benzene rings is 1. The first-order chi connectivity index (χ1) is 12.7. The number of hydrogen-bond donors (Lipinski definition) is 1. The minimum atomic E-state index is -4.24. The van der Waals surface area contributed by atoms with Crippen molar-refractivity contribution in [2.24, 2.45) is 0 Å². The summed E-state index contributed by atoms with van der Waals surface area (Å²) in [6.07, 6.45) is 3.65. The Labute approximate surface area is 155 Å². The molecule has 0 fully saturated rings. The van der Waals surface area contributed by atoms with E-state index in [4.69, 9.17) is 0 Å². The average Bonchev–Trinajstić information content (AvgIpc) is 2.59. The van der Waals surface area contributed by atoms with Crippen molar-refractivity contribution in [3.8, 4) is 5.75 Å². The van der Waals surface area contributed by atoms with Crippen molar-refractivity contribution in [1.29, 1.82) is 0 Å². The zero-order valence-corrected chi connectivity index (χ0v) is 15.0. The number of nitrogens with one attached hydrogen (secondary N) is 1. The minimum Gasteiger partial charge on any atom is -0.748 e. The number of pyridine rings is 1. The molecule has 0 bridgehead atoms. The van der Waals surface area contributed by atoms with Gasteiger partial charge in [-0.25, -0.2) is 13.0 Å². The van der Waals surface area contributed by atoms with E-state index in [2.05, 4.69) is 10.1 Å². The fourth-order valence-corrected chi connectivity index (χ4v) is 2.80. The topological polar surface area (TPSA) is 99.4 Å². The molecule has 0 aliphatic rings. The first-order valence-electron chi connectivity index (χ1n) is 7.97. The van der Waals surface area contributed by atoms with E-state index in [1.807, 2.05) is 0 Å². The van der Waals surface area contributed by atoms with Gasteiger partial charge in [0.25, 0.3) is 5.91 Å². The molecule has 2 rings (SSSR count). The monoisotopic (exact) mass is 400 g/mol. The molecule has 0 aliphatic heterocycles. The maximum absolute atomic E-state index is 12.1. The molecule has 27 heavy (non-hydrogen) atoms. The average molecular weight is 400 g/mol. The molecule has 10 heteroatoms. The van der Waals surface area contributed by atoms with Crippen LogP contribution in [-0.4, -0.2) is 31.2 Å². The molecule has 0 spiro atoms. The van der Waals surface area contributed by atoms with E-state index >= 15 is 0 Å². The van der Waals surface area contributed by atoms with Crippen LogP contribution in [0, 0.1) is 0 Å². The smallest absolute Gasteiger partial charge is 0.387 e. The van der Waals surface area contributed by atoms with Crippen LogP contribution in [0.2, 0.25) is 0 Å². The van der Waals surface area contributed by atoms with E-state index < -0.39 is 22.5 Å². The second kappa shape index (κ2) is 9.38. The van der Waals surface area contributed by atoms with E-state index in [1.165, 1.54) is 24.3 Å². The van der Waals surface area contributed by atoms with Crippen molar-refractivity contribution < 1.29 is 35.8 Å². The second-order valence-corrected chi connectivity index (χ2v) is 7.17. The molecule has 0 aliphatic carbocycles. The maximum atomic E-state index is 12.1. The summed E-state index contributed by atoms with van der Waals surface area (Å²) in [7, 11) is -4.24. The molecule has 1 aromatic carbocycles. The highest BCUT2D eigenvalue weighted by Gasteiger charge is 2.09. The Kier molecular flexibility index (Phi) is 7.19. The molecule has 2 aromatic rings. The van der Waals surface area contributed by atoms with Gasteiger partial charge in [0.2, 0.25) is 0 Å². The molecule has 0 saturated heterocycles. The van der Waals surface area contributed by atoms with Crippen LogP contribution in [0.3, 0.4) is 0 Å². The van der Waals surface area contributed by atoms with Crippen molar-refractivity contribution in [3.63, 3.8) is 0 Å². The van der Waals surface area contributed by atoms with Crippen LogP contribution in [0.4, 0.5) is 8.78 Å². The van der Waals surface area contributed by atoms with Gasteiger partial charge in [-0.3, -0.25) is 4.79 Å². The Morgan fingerprint density at radius 2 is 1.93 bits per heavy atom. The van der Waals surface area contributed by atoms with Crippen molar-refractivity contribution in [1.82, 2.24) is 5.32 Å². The number of aryl methyl sites for hydroxylation is 1. The molecule has 0 atom stereocenters. The summed E-state index contributed by atoms with van der Waals surface area (Å²) in [5.41, 5.74) is 1.06. The molecule has 0 saturated carbocycles. The summed E-state index contributed by atoms with van der Waals surface area (Å²) in [6, 6.07) is 8.83. The Morgan fingerprint density at radius 1 is 1.22 bits per heavy atom. The van der Waals surface area contributed by atoms with Gasteiger partial charge < -0.3 is 14.6 Å². The molecular weight excluding hydrogens is 382 g/mol. The van der Waals surface area contributed by atoms with Crippen LogP contribution < -0.4 is 14.6 Å². The van der Waals surface area contributed by atoms with Crippen LogP contribution in [0.25, 0.3) is 0 Å². The third kappa shape index (κ3) is 7.67.